The van der Waals surface area contributed by atoms with Crippen LogP contribution in [0.15, 0.2) is 30.3 Å². The molecule has 3 heteroatoms. The number of nitrogens with one attached hydrogen (secondary N) is 1. The van der Waals surface area contributed by atoms with Crippen LogP contribution < -0.4 is 5.32 Å². The first-order valence-electron chi connectivity index (χ1n) is 5.63. The molecule has 0 heterocycles. The molecule has 1 rings (SSSR count). The Kier molecular flexibility index (Phi) is 5.94. The molecule has 0 saturated heterocycles. The second kappa shape index (κ2) is 7.29. The first-order chi connectivity index (χ1) is 7.74. The minimum absolute atomic E-state index is 0.00123. The van der Waals surface area contributed by atoms with Crippen LogP contribution >= 0.6 is 11.6 Å². The van der Waals surface area contributed by atoms with Crippen LogP contribution in [0.2, 0.25) is 0 Å². The van der Waals surface area contributed by atoms with Crippen LogP contribution in [-0.4, -0.2) is 18.3 Å². The van der Waals surface area contributed by atoms with Crippen molar-refractivity contribution in [2.45, 2.75) is 19.8 Å². The Morgan fingerprint density at radius 2 is 2.00 bits per heavy atom. The molecule has 0 aromatic heterocycles. The molecule has 0 aliphatic rings. The maximum atomic E-state index is 11.6. The van der Waals surface area contributed by atoms with Gasteiger partial charge in [-0.1, -0.05) is 25.1 Å². The SMILES string of the molecule is CC(CCCl)CCNC(=O)c1ccccc1. The van der Waals surface area contributed by atoms with Crippen LogP contribution in [0.3, 0.4) is 0 Å². The third kappa shape index (κ3) is 4.67. The van der Waals surface area contributed by atoms with Gasteiger partial charge in [0.1, 0.15) is 0 Å². The molecular formula is C13H18ClNO. The lowest BCUT2D eigenvalue weighted by Gasteiger charge is -2.10. The molecule has 1 aromatic rings. The summed E-state index contributed by atoms with van der Waals surface area (Å²) < 4.78 is 0. The van der Waals surface area contributed by atoms with Crippen molar-refractivity contribution in [2.75, 3.05) is 12.4 Å². The Morgan fingerprint density at radius 3 is 2.62 bits per heavy atom. The van der Waals surface area contributed by atoms with Crippen LogP contribution in [0, 0.1) is 5.92 Å². The van der Waals surface area contributed by atoms with Crippen molar-refractivity contribution < 1.29 is 4.79 Å². The maximum absolute atomic E-state index is 11.6. The summed E-state index contributed by atoms with van der Waals surface area (Å²) in [5.74, 6) is 1.25. The standard InChI is InChI=1S/C13H18ClNO/c1-11(7-9-14)8-10-15-13(16)12-5-3-2-4-6-12/h2-6,11H,7-10H2,1H3,(H,15,16). The van der Waals surface area contributed by atoms with Gasteiger partial charge in [-0.25, -0.2) is 0 Å². The van der Waals surface area contributed by atoms with E-state index >= 15 is 0 Å². The summed E-state index contributed by atoms with van der Waals surface area (Å²) in [4.78, 5) is 11.6. The molecule has 2 nitrogen and oxygen atoms in total. The molecule has 1 aromatic carbocycles. The number of alkyl halides is 1. The van der Waals surface area contributed by atoms with Gasteiger partial charge in [-0.05, 0) is 30.9 Å². The highest BCUT2D eigenvalue weighted by molar-refractivity contribution is 6.17. The molecule has 1 atom stereocenters. The molecule has 1 amide bonds. The summed E-state index contributed by atoms with van der Waals surface area (Å²) in [5.41, 5.74) is 0.715. The van der Waals surface area contributed by atoms with Crippen molar-refractivity contribution in [3.05, 3.63) is 35.9 Å². The zero-order valence-corrected chi connectivity index (χ0v) is 10.3. The number of amides is 1. The molecule has 0 bridgehead atoms. The van der Waals surface area contributed by atoms with Gasteiger partial charge in [0.2, 0.25) is 0 Å². The number of halogens is 1. The summed E-state index contributed by atoms with van der Waals surface area (Å²) in [6.07, 6.45) is 1.98. The third-order valence-corrected chi connectivity index (χ3v) is 2.78. The van der Waals surface area contributed by atoms with E-state index in [1.165, 1.54) is 0 Å². The normalized spacial score (nSPS) is 12.1. The maximum Gasteiger partial charge on any atom is 0.251 e. The van der Waals surface area contributed by atoms with Gasteiger partial charge in [-0.3, -0.25) is 4.79 Å². The molecule has 0 aliphatic carbocycles. The topological polar surface area (TPSA) is 29.1 Å². The number of carbonyl (C=O) groups is 1. The van der Waals surface area contributed by atoms with E-state index < -0.39 is 0 Å². The second-order valence-electron chi connectivity index (χ2n) is 3.99. The number of hydrogen-bond donors (Lipinski definition) is 1. The lowest BCUT2D eigenvalue weighted by Crippen LogP contribution is -2.25. The Hall–Kier alpha value is -1.02. The van der Waals surface area contributed by atoms with E-state index in [4.69, 9.17) is 11.6 Å². The van der Waals surface area contributed by atoms with E-state index in [9.17, 15) is 4.79 Å². The summed E-state index contributed by atoms with van der Waals surface area (Å²) in [6, 6.07) is 9.27. The van der Waals surface area contributed by atoms with Crippen LogP contribution in [0.5, 0.6) is 0 Å². The van der Waals surface area contributed by atoms with Crippen LogP contribution in [0.4, 0.5) is 0 Å². The van der Waals surface area contributed by atoms with Crippen molar-refractivity contribution in [1.82, 2.24) is 5.32 Å². The van der Waals surface area contributed by atoms with E-state index in [-0.39, 0.29) is 5.91 Å². The van der Waals surface area contributed by atoms with Crippen molar-refractivity contribution >= 4 is 17.5 Å². The van der Waals surface area contributed by atoms with E-state index in [1.54, 1.807) is 0 Å². The highest BCUT2D eigenvalue weighted by Gasteiger charge is 2.05. The molecule has 0 spiro atoms. The average molecular weight is 240 g/mol. The highest BCUT2D eigenvalue weighted by atomic mass is 35.5. The summed E-state index contributed by atoms with van der Waals surface area (Å²) in [5, 5.41) is 2.91. The number of hydrogen-bond acceptors (Lipinski definition) is 1. The number of carbonyl (C=O) groups excluding carboxylic acids is 1. The fourth-order valence-corrected chi connectivity index (χ4v) is 1.83. The van der Waals surface area contributed by atoms with Gasteiger partial charge < -0.3 is 5.32 Å². The molecular weight excluding hydrogens is 222 g/mol. The highest BCUT2D eigenvalue weighted by Crippen LogP contribution is 2.07. The largest absolute Gasteiger partial charge is 0.352 e. The van der Waals surface area contributed by atoms with E-state index in [2.05, 4.69) is 12.2 Å². The van der Waals surface area contributed by atoms with Gasteiger partial charge in [-0.15, -0.1) is 11.6 Å². The predicted molar refractivity (Wildman–Crippen MR) is 67.9 cm³/mol. The van der Waals surface area contributed by atoms with Crippen molar-refractivity contribution in [3.63, 3.8) is 0 Å². The van der Waals surface area contributed by atoms with Gasteiger partial charge in [0.25, 0.3) is 5.91 Å². The number of benzene rings is 1. The van der Waals surface area contributed by atoms with Gasteiger partial charge in [0.15, 0.2) is 0 Å². The Morgan fingerprint density at radius 1 is 1.31 bits per heavy atom. The first-order valence-corrected chi connectivity index (χ1v) is 6.16. The monoisotopic (exact) mass is 239 g/mol. The van der Waals surface area contributed by atoms with Crippen molar-refractivity contribution in [3.8, 4) is 0 Å². The molecule has 88 valence electrons. The fraction of sp³-hybridized carbons (Fsp3) is 0.462. The molecule has 1 unspecified atom stereocenters. The third-order valence-electron chi connectivity index (χ3n) is 2.56. The molecule has 0 radical (unpaired) electrons. The van der Waals surface area contributed by atoms with Gasteiger partial charge in [-0.2, -0.15) is 0 Å². The van der Waals surface area contributed by atoms with Gasteiger partial charge >= 0.3 is 0 Å². The second-order valence-corrected chi connectivity index (χ2v) is 4.37. The minimum atomic E-state index is -0.00123. The van der Waals surface area contributed by atoms with Crippen molar-refractivity contribution in [2.24, 2.45) is 5.92 Å². The van der Waals surface area contributed by atoms with Gasteiger partial charge in [0.05, 0.1) is 0 Å². The smallest absolute Gasteiger partial charge is 0.251 e. The van der Waals surface area contributed by atoms with E-state index in [0.29, 0.717) is 23.9 Å². The molecule has 0 aliphatic heterocycles. The Labute approximate surface area is 102 Å². The number of rotatable bonds is 6. The summed E-state index contributed by atoms with van der Waals surface area (Å²) in [6.45, 7) is 2.86. The quantitative estimate of drug-likeness (QED) is 0.760. The molecule has 1 N–H and O–H groups in total. The summed E-state index contributed by atoms with van der Waals surface area (Å²) in [7, 11) is 0. The lowest BCUT2D eigenvalue weighted by molar-refractivity contribution is 0.0951. The zero-order valence-electron chi connectivity index (χ0n) is 9.58. The van der Waals surface area contributed by atoms with Crippen LogP contribution in [0.1, 0.15) is 30.1 Å². The van der Waals surface area contributed by atoms with Gasteiger partial charge in [0, 0.05) is 18.0 Å². The van der Waals surface area contributed by atoms with Crippen LogP contribution in [-0.2, 0) is 0 Å². The van der Waals surface area contributed by atoms with E-state index in [1.807, 2.05) is 30.3 Å². The first kappa shape index (κ1) is 13.0. The summed E-state index contributed by atoms with van der Waals surface area (Å²) >= 11 is 5.65. The average Bonchev–Trinajstić information content (AvgIpc) is 2.30. The fourth-order valence-electron chi connectivity index (χ4n) is 1.45. The lowest BCUT2D eigenvalue weighted by atomic mass is 10.1. The molecule has 0 fully saturated rings. The Bertz CT molecular complexity index is 313. The predicted octanol–water partition coefficient (Wildman–Crippen LogP) is 3.07. The van der Waals surface area contributed by atoms with Crippen molar-refractivity contribution in [1.29, 1.82) is 0 Å². The molecule has 0 saturated carbocycles. The molecule has 16 heavy (non-hydrogen) atoms. The van der Waals surface area contributed by atoms with Crippen LogP contribution in [0.25, 0.3) is 0 Å². The minimum Gasteiger partial charge on any atom is -0.352 e. The Balaban J connectivity index is 2.26. The van der Waals surface area contributed by atoms with E-state index in [0.717, 1.165) is 12.8 Å². The zero-order chi connectivity index (χ0) is 11.8.